The van der Waals surface area contributed by atoms with Crippen molar-refractivity contribution < 1.29 is 57.1 Å². The van der Waals surface area contributed by atoms with Crippen LogP contribution in [0.3, 0.4) is 0 Å². The molecular formula is C7H3F13. The highest BCUT2D eigenvalue weighted by Gasteiger charge is 2.78. The molecule has 0 aliphatic heterocycles. The molecule has 0 N–H and O–H groups in total. The lowest BCUT2D eigenvalue weighted by atomic mass is 9.99. The van der Waals surface area contributed by atoms with E-state index < -0.39 is 42.7 Å². The first-order valence-electron chi connectivity index (χ1n) is 4.27. The second-order valence-electron chi connectivity index (χ2n) is 3.47. The van der Waals surface area contributed by atoms with Crippen LogP contribution in [0.1, 0.15) is 0 Å². The van der Waals surface area contributed by atoms with Gasteiger partial charge in [-0.1, -0.05) is 0 Å². The molecule has 0 bridgehead atoms. The Hall–Kier alpha value is -0.910. The van der Waals surface area contributed by atoms with Gasteiger partial charge in [-0.05, 0) is 0 Å². The quantitative estimate of drug-likeness (QED) is 0.654. The lowest BCUT2D eigenvalue weighted by Gasteiger charge is -2.33. The van der Waals surface area contributed by atoms with Gasteiger partial charge in [-0.2, -0.15) is 39.5 Å². The van der Waals surface area contributed by atoms with Gasteiger partial charge in [0.1, 0.15) is 0 Å². The van der Waals surface area contributed by atoms with Gasteiger partial charge in [-0.15, -0.1) is 0 Å². The molecule has 0 rings (SSSR count). The summed E-state index contributed by atoms with van der Waals surface area (Å²) < 4.78 is 156. The van der Waals surface area contributed by atoms with Gasteiger partial charge in [0, 0.05) is 0 Å². The van der Waals surface area contributed by atoms with Gasteiger partial charge in [0.15, 0.2) is 0 Å². The lowest BCUT2D eigenvalue weighted by Crippen LogP contribution is -2.61. The van der Waals surface area contributed by atoms with E-state index in [1.54, 1.807) is 0 Å². The number of alkyl halides is 13. The van der Waals surface area contributed by atoms with Crippen LogP contribution in [-0.4, -0.2) is 42.7 Å². The third-order valence-electron chi connectivity index (χ3n) is 2.04. The van der Waals surface area contributed by atoms with Crippen molar-refractivity contribution in [2.45, 2.75) is 42.7 Å². The van der Waals surface area contributed by atoms with Gasteiger partial charge in [0.2, 0.25) is 12.3 Å². The summed E-state index contributed by atoms with van der Waals surface area (Å²) in [4.78, 5) is 0. The highest BCUT2D eigenvalue weighted by atomic mass is 19.4. The molecule has 0 saturated heterocycles. The standard InChI is InChI=1S/C7H3F13/c8-1(4(12,13)3(10)11)2(9)5(14,15)6(16,17)7(18,19)20/h1-3H. The monoisotopic (exact) mass is 334 g/mol. The highest BCUT2D eigenvalue weighted by Crippen LogP contribution is 2.51. The fourth-order valence-electron chi connectivity index (χ4n) is 0.861. The summed E-state index contributed by atoms with van der Waals surface area (Å²) in [5, 5.41) is 0. The highest BCUT2D eigenvalue weighted by molar-refractivity contribution is 5.02. The molecule has 0 fully saturated rings. The summed E-state index contributed by atoms with van der Waals surface area (Å²) >= 11 is 0. The van der Waals surface area contributed by atoms with Gasteiger partial charge in [-0.25, -0.2) is 17.6 Å². The summed E-state index contributed by atoms with van der Waals surface area (Å²) in [7, 11) is 0. The molecule has 20 heavy (non-hydrogen) atoms. The molecule has 13 heteroatoms. The van der Waals surface area contributed by atoms with Crippen LogP contribution in [0.2, 0.25) is 0 Å². The molecule has 0 nitrogen and oxygen atoms in total. The van der Waals surface area contributed by atoms with Crippen LogP contribution >= 0.6 is 0 Å². The minimum Gasteiger partial charge on any atom is -0.237 e. The van der Waals surface area contributed by atoms with Crippen molar-refractivity contribution in [2.75, 3.05) is 0 Å². The molecule has 0 spiro atoms. The average Bonchev–Trinajstić information content (AvgIpc) is 2.24. The zero-order valence-corrected chi connectivity index (χ0v) is 8.65. The van der Waals surface area contributed by atoms with E-state index in [0.717, 1.165) is 0 Å². The van der Waals surface area contributed by atoms with E-state index in [1.165, 1.54) is 0 Å². The minimum absolute atomic E-state index is 5.09. The van der Waals surface area contributed by atoms with E-state index in [-0.39, 0.29) is 0 Å². The predicted molar refractivity (Wildman–Crippen MR) is 36.7 cm³/mol. The maximum Gasteiger partial charge on any atom is 0.459 e. The van der Waals surface area contributed by atoms with Crippen LogP contribution in [0.15, 0.2) is 0 Å². The molecule has 2 atom stereocenters. The summed E-state index contributed by atoms with van der Waals surface area (Å²) in [6.45, 7) is 0. The Kier molecular flexibility index (Phi) is 4.90. The van der Waals surface area contributed by atoms with Crippen molar-refractivity contribution >= 4 is 0 Å². The zero-order chi connectivity index (χ0) is 16.7. The first-order valence-corrected chi connectivity index (χ1v) is 4.27. The lowest BCUT2D eigenvalue weighted by molar-refractivity contribution is -0.373. The Morgan fingerprint density at radius 1 is 0.550 bits per heavy atom. The molecule has 122 valence electrons. The van der Waals surface area contributed by atoms with Crippen LogP contribution in [0.5, 0.6) is 0 Å². The Morgan fingerprint density at radius 2 is 0.900 bits per heavy atom. The normalized spacial score (nSPS) is 18.3. The maximum absolute atomic E-state index is 12.5. The van der Waals surface area contributed by atoms with Gasteiger partial charge in [-0.3, -0.25) is 0 Å². The Bertz CT molecular complexity index is 328. The topological polar surface area (TPSA) is 0 Å². The minimum atomic E-state index is -7.23. The van der Waals surface area contributed by atoms with Gasteiger partial charge >= 0.3 is 30.4 Å². The first-order chi connectivity index (χ1) is 8.51. The molecule has 0 aromatic heterocycles. The molecule has 0 radical (unpaired) electrons. The first kappa shape index (κ1) is 19.1. The van der Waals surface area contributed by atoms with E-state index in [1.807, 2.05) is 0 Å². The molecule has 0 amide bonds. The fraction of sp³-hybridized carbons (Fsp3) is 1.00. The van der Waals surface area contributed by atoms with Crippen molar-refractivity contribution in [1.82, 2.24) is 0 Å². The smallest absolute Gasteiger partial charge is 0.237 e. The number of rotatable bonds is 5. The number of hydrogen-bond donors (Lipinski definition) is 0. The summed E-state index contributed by atoms with van der Waals surface area (Å²) in [6.07, 6.45) is -23.0. The molecule has 0 aromatic rings. The molecule has 0 aliphatic rings. The van der Waals surface area contributed by atoms with Gasteiger partial charge in [0.05, 0.1) is 0 Å². The molecule has 0 aliphatic carbocycles. The van der Waals surface area contributed by atoms with Crippen molar-refractivity contribution in [2.24, 2.45) is 0 Å². The van der Waals surface area contributed by atoms with Crippen LogP contribution in [0.25, 0.3) is 0 Å². The average molecular weight is 334 g/mol. The molecule has 0 aromatic carbocycles. The second kappa shape index (κ2) is 5.13. The largest absolute Gasteiger partial charge is 0.459 e. The molecular weight excluding hydrogens is 331 g/mol. The second-order valence-corrected chi connectivity index (χ2v) is 3.47. The third-order valence-corrected chi connectivity index (χ3v) is 2.04. The number of halogens is 13. The Labute approximate surface area is 101 Å². The molecule has 0 heterocycles. The van der Waals surface area contributed by atoms with Crippen LogP contribution in [0, 0.1) is 0 Å². The maximum atomic E-state index is 12.5. The van der Waals surface area contributed by atoms with Crippen LogP contribution < -0.4 is 0 Å². The van der Waals surface area contributed by atoms with E-state index >= 15 is 0 Å². The van der Waals surface area contributed by atoms with E-state index in [9.17, 15) is 57.1 Å². The van der Waals surface area contributed by atoms with Crippen LogP contribution in [0.4, 0.5) is 57.1 Å². The Morgan fingerprint density at radius 3 is 1.15 bits per heavy atom. The summed E-state index contributed by atoms with van der Waals surface area (Å²) in [5.41, 5.74) is 0. The van der Waals surface area contributed by atoms with Gasteiger partial charge in [0.25, 0.3) is 0 Å². The van der Waals surface area contributed by atoms with Crippen molar-refractivity contribution in [3.8, 4) is 0 Å². The van der Waals surface area contributed by atoms with Crippen molar-refractivity contribution in [3.05, 3.63) is 0 Å². The van der Waals surface area contributed by atoms with Crippen molar-refractivity contribution in [1.29, 1.82) is 0 Å². The molecule has 0 saturated carbocycles. The van der Waals surface area contributed by atoms with Crippen molar-refractivity contribution in [3.63, 3.8) is 0 Å². The Balaban J connectivity index is 5.54. The zero-order valence-electron chi connectivity index (χ0n) is 8.65. The van der Waals surface area contributed by atoms with E-state index in [4.69, 9.17) is 0 Å². The van der Waals surface area contributed by atoms with Crippen LogP contribution in [-0.2, 0) is 0 Å². The summed E-state index contributed by atoms with van der Waals surface area (Å²) in [6, 6.07) is 0. The number of hydrogen-bond acceptors (Lipinski definition) is 0. The van der Waals surface area contributed by atoms with E-state index in [0.29, 0.717) is 0 Å². The third kappa shape index (κ3) is 2.90. The van der Waals surface area contributed by atoms with E-state index in [2.05, 4.69) is 0 Å². The molecule has 2 unspecified atom stereocenters. The van der Waals surface area contributed by atoms with Gasteiger partial charge < -0.3 is 0 Å². The fourth-order valence-corrected chi connectivity index (χ4v) is 0.861. The SMILES string of the molecule is FC(F)C(F)(F)C(F)C(F)C(F)(F)C(F)(F)C(F)(F)F. The predicted octanol–water partition coefficient (Wildman–Crippen LogP) is 4.40. The summed E-state index contributed by atoms with van der Waals surface area (Å²) in [5.74, 6) is -20.4.